The van der Waals surface area contributed by atoms with Gasteiger partial charge in [-0.1, -0.05) is 0 Å². The van der Waals surface area contributed by atoms with Crippen LogP contribution in [-0.4, -0.2) is 27.7 Å². The molecule has 17 heavy (non-hydrogen) atoms. The quantitative estimate of drug-likeness (QED) is 0.756. The van der Waals surface area contributed by atoms with Crippen molar-refractivity contribution in [2.45, 2.75) is 38.5 Å². The van der Waals surface area contributed by atoms with E-state index in [1.807, 2.05) is 0 Å². The first-order valence-electron chi connectivity index (χ1n) is 5.50. The van der Waals surface area contributed by atoms with Gasteiger partial charge in [-0.05, 0) is 19.9 Å². The van der Waals surface area contributed by atoms with Gasteiger partial charge in [-0.3, -0.25) is 9.78 Å². The smallest absolute Gasteiger partial charge is 0.217 e. The summed E-state index contributed by atoms with van der Waals surface area (Å²) in [5.41, 5.74) is -0.0453. The predicted octanol–water partition coefficient (Wildman–Crippen LogP) is 0.791. The number of rotatable bonds is 1. The Kier molecular flexibility index (Phi) is 2.79. The molecule has 5 heteroatoms. The Morgan fingerprint density at radius 1 is 1.59 bits per heavy atom. The molecular weight excluding hydrogens is 220 g/mol. The van der Waals surface area contributed by atoms with Gasteiger partial charge in [0, 0.05) is 24.9 Å². The Morgan fingerprint density at radius 2 is 2.29 bits per heavy atom. The number of ether oxygens (including phenoxy) is 1. The zero-order chi connectivity index (χ0) is 12.6. The summed E-state index contributed by atoms with van der Waals surface area (Å²) >= 11 is 0. The van der Waals surface area contributed by atoms with E-state index in [0.29, 0.717) is 11.3 Å². The van der Waals surface area contributed by atoms with Gasteiger partial charge in [0.25, 0.3) is 0 Å². The van der Waals surface area contributed by atoms with Crippen LogP contribution in [0, 0.1) is 0 Å². The van der Waals surface area contributed by atoms with E-state index in [1.54, 1.807) is 32.3 Å². The van der Waals surface area contributed by atoms with E-state index >= 15 is 0 Å². The van der Waals surface area contributed by atoms with Crippen LogP contribution in [0.15, 0.2) is 18.5 Å². The van der Waals surface area contributed by atoms with Crippen LogP contribution >= 0.6 is 0 Å². The van der Waals surface area contributed by atoms with E-state index in [-0.39, 0.29) is 5.91 Å². The van der Waals surface area contributed by atoms with Crippen LogP contribution in [0.2, 0.25) is 0 Å². The average Bonchev–Trinajstić information content (AvgIpc) is 2.24. The summed E-state index contributed by atoms with van der Waals surface area (Å²) in [6.07, 6.45) is 2.41. The first-order valence-corrected chi connectivity index (χ1v) is 5.50. The molecule has 1 aliphatic heterocycles. The van der Waals surface area contributed by atoms with Gasteiger partial charge in [0.1, 0.15) is 17.5 Å². The highest BCUT2D eigenvalue weighted by atomic mass is 16.5. The van der Waals surface area contributed by atoms with Gasteiger partial charge in [-0.15, -0.1) is 0 Å². The van der Waals surface area contributed by atoms with Crippen molar-refractivity contribution in [3.05, 3.63) is 24.0 Å². The van der Waals surface area contributed by atoms with Gasteiger partial charge >= 0.3 is 0 Å². The highest BCUT2D eigenvalue weighted by Crippen LogP contribution is 2.38. The molecule has 1 aromatic heterocycles. The number of hydrogen-bond acceptors (Lipinski definition) is 4. The zero-order valence-electron chi connectivity index (χ0n) is 10.1. The number of aliphatic hydroxyl groups excluding tert-OH is 1. The monoisotopic (exact) mass is 236 g/mol. The lowest BCUT2D eigenvalue weighted by molar-refractivity contribution is -0.123. The number of pyridine rings is 1. The molecular formula is C12H16N2O3. The third-order valence-electron chi connectivity index (χ3n) is 2.90. The van der Waals surface area contributed by atoms with Gasteiger partial charge in [-0.2, -0.15) is 0 Å². The summed E-state index contributed by atoms with van der Waals surface area (Å²) in [7, 11) is 0. The normalized spacial score (nSPS) is 25.6. The molecule has 1 amide bonds. The molecule has 2 N–H and O–H groups in total. The average molecular weight is 236 g/mol. The molecule has 0 saturated heterocycles. The SMILES string of the molecule is CC(=O)NC1c2cnccc2OC(C)(C)C1O. The number of carbonyl (C=O) groups excluding carboxylic acids is 1. The van der Waals surface area contributed by atoms with Gasteiger partial charge in [0.05, 0.1) is 6.04 Å². The fourth-order valence-corrected chi connectivity index (χ4v) is 2.01. The fraction of sp³-hybridized carbons (Fsp3) is 0.500. The lowest BCUT2D eigenvalue weighted by Crippen LogP contribution is -2.53. The maximum Gasteiger partial charge on any atom is 0.217 e. The predicted molar refractivity (Wildman–Crippen MR) is 61.5 cm³/mol. The van der Waals surface area contributed by atoms with Crippen molar-refractivity contribution in [1.82, 2.24) is 10.3 Å². The summed E-state index contributed by atoms with van der Waals surface area (Å²) in [6.45, 7) is 5.00. The Bertz CT molecular complexity index is 445. The Balaban J connectivity index is 2.44. The number of hydrogen-bond donors (Lipinski definition) is 2. The largest absolute Gasteiger partial charge is 0.485 e. The second-order valence-corrected chi connectivity index (χ2v) is 4.74. The molecule has 1 aliphatic rings. The Morgan fingerprint density at radius 3 is 2.94 bits per heavy atom. The van der Waals surface area contributed by atoms with E-state index in [9.17, 15) is 9.90 Å². The minimum absolute atomic E-state index is 0.193. The van der Waals surface area contributed by atoms with Crippen molar-refractivity contribution in [3.8, 4) is 5.75 Å². The van der Waals surface area contributed by atoms with Crippen LogP contribution in [0.1, 0.15) is 32.4 Å². The van der Waals surface area contributed by atoms with Crippen molar-refractivity contribution in [3.63, 3.8) is 0 Å². The highest BCUT2D eigenvalue weighted by molar-refractivity contribution is 5.73. The van der Waals surface area contributed by atoms with Gasteiger partial charge in [-0.25, -0.2) is 0 Å². The van der Waals surface area contributed by atoms with E-state index in [1.165, 1.54) is 6.92 Å². The lowest BCUT2D eigenvalue weighted by Gasteiger charge is -2.41. The number of amides is 1. The molecule has 2 unspecified atom stereocenters. The molecule has 0 spiro atoms. The second kappa shape index (κ2) is 4.00. The first-order chi connectivity index (χ1) is 7.92. The molecule has 0 radical (unpaired) electrons. The summed E-state index contributed by atoms with van der Waals surface area (Å²) in [6, 6.07) is 1.25. The first kappa shape index (κ1) is 11.9. The summed E-state index contributed by atoms with van der Waals surface area (Å²) in [5.74, 6) is 0.454. The van der Waals surface area contributed by atoms with Crippen LogP contribution in [0.25, 0.3) is 0 Å². The number of aromatic nitrogens is 1. The van der Waals surface area contributed by atoms with E-state index in [0.717, 1.165) is 0 Å². The van der Waals surface area contributed by atoms with E-state index in [2.05, 4.69) is 10.3 Å². The minimum atomic E-state index is -0.817. The lowest BCUT2D eigenvalue weighted by atomic mass is 9.87. The van der Waals surface area contributed by atoms with Crippen molar-refractivity contribution >= 4 is 5.91 Å². The maximum absolute atomic E-state index is 11.2. The molecule has 0 saturated carbocycles. The van der Waals surface area contributed by atoms with Gasteiger partial charge < -0.3 is 15.2 Å². The third-order valence-corrected chi connectivity index (χ3v) is 2.90. The molecule has 0 aromatic carbocycles. The standard InChI is InChI=1S/C12H16N2O3/c1-7(15)14-10-8-6-13-5-4-9(8)17-12(2,3)11(10)16/h4-6,10-11,16H,1-3H3,(H,14,15). The molecule has 0 aliphatic carbocycles. The van der Waals surface area contributed by atoms with Crippen LogP contribution in [0.3, 0.4) is 0 Å². The zero-order valence-corrected chi connectivity index (χ0v) is 10.1. The van der Waals surface area contributed by atoms with Gasteiger partial charge in [0.15, 0.2) is 0 Å². The second-order valence-electron chi connectivity index (χ2n) is 4.74. The summed E-state index contributed by atoms with van der Waals surface area (Å²) in [5, 5.41) is 13.0. The Hall–Kier alpha value is -1.62. The number of fused-ring (bicyclic) bond motifs is 1. The van der Waals surface area contributed by atoms with Crippen molar-refractivity contribution in [1.29, 1.82) is 0 Å². The topological polar surface area (TPSA) is 71.5 Å². The molecule has 1 aromatic rings. The molecule has 0 bridgehead atoms. The molecule has 0 fully saturated rings. The third kappa shape index (κ3) is 2.10. The number of aliphatic hydroxyl groups is 1. The maximum atomic E-state index is 11.2. The van der Waals surface area contributed by atoms with Crippen molar-refractivity contribution in [2.75, 3.05) is 0 Å². The van der Waals surface area contributed by atoms with Crippen LogP contribution in [0.5, 0.6) is 5.75 Å². The highest BCUT2D eigenvalue weighted by Gasteiger charge is 2.43. The molecule has 5 nitrogen and oxygen atoms in total. The number of nitrogens with zero attached hydrogens (tertiary/aromatic N) is 1. The number of carbonyl (C=O) groups is 1. The Labute approximate surface area is 99.8 Å². The minimum Gasteiger partial charge on any atom is -0.485 e. The molecule has 2 rings (SSSR count). The number of nitrogens with one attached hydrogen (secondary N) is 1. The molecule has 2 heterocycles. The van der Waals surface area contributed by atoms with Crippen molar-refractivity contribution < 1.29 is 14.6 Å². The van der Waals surface area contributed by atoms with Crippen molar-refractivity contribution in [2.24, 2.45) is 0 Å². The summed E-state index contributed by atoms with van der Waals surface area (Å²) in [4.78, 5) is 15.2. The molecule has 2 atom stereocenters. The van der Waals surface area contributed by atoms with E-state index in [4.69, 9.17) is 4.74 Å². The molecule has 92 valence electrons. The van der Waals surface area contributed by atoms with Gasteiger partial charge in [0.2, 0.25) is 5.91 Å². The van der Waals surface area contributed by atoms with Crippen LogP contribution in [0.4, 0.5) is 0 Å². The van der Waals surface area contributed by atoms with Crippen LogP contribution < -0.4 is 10.1 Å². The van der Waals surface area contributed by atoms with Crippen LogP contribution in [-0.2, 0) is 4.79 Å². The fourth-order valence-electron chi connectivity index (χ4n) is 2.01. The summed E-state index contributed by atoms with van der Waals surface area (Å²) < 4.78 is 5.70. The van der Waals surface area contributed by atoms with E-state index < -0.39 is 17.7 Å².